The number of rotatable bonds is 7. The van der Waals surface area contributed by atoms with Gasteiger partial charge in [-0.3, -0.25) is 0 Å². The van der Waals surface area contributed by atoms with Crippen molar-refractivity contribution in [3.63, 3.8) is 0 Å². The number of ether oxygens (including phenoxy) is 2. The van der Waals surface area contributed by atoms with Crippen molar-refractivity contribution in [2.24, 2.45) is 5.16 Å². The van der Waals surface area contributed by atoms with Gasteiger partial charge >= 0.3 is 0 Å². The highest BCUT2D eigenvalue weighted by atomic mass is 16.5. The van der Waals surface area contributed by atoms with Crippen molar-refractivity contribution < 1.29 is 14.7 Å². The lowest BCUT2D eigenvalue weighted by molar-refractivity contribution is 0.217. The molecule has 0 aromatic heterocycles. The smallest absolute Gasteiger partial charge is 0.122 e. The predicted molar refractivity (Wildman–Crippen MR) is 82.6 cm³/mol. The molecule has 0 bridgehead atoms. The molecule has 0 heterocycles. The van der Waals surface area contributed by atoms with Gasteiger partial charge in [0.25, 0.3) is 0 Å². The third kappa shape index (κ3) is 4.84. The summed E-state index contributed by atoms with van der Waals surface area (Å²) >= 11 is 0. The fraction of sp³-hybridized carbons (Fsp3) is 0.235. The molecule has 0 aliphatic rings. The normalized spacial score (nSPS) is 10.7. The largest absolute Gasteiger partial charge is 0.490 e. The van der Waals surface area contributed by atoms with E-state index < -0.39 is 0 Å². The van der Waals surface area contributed by atoms with Crippen molar-refractivity contribution in [1.29, 1.82) is 0 Å². The van der Waals surface area contributed by atoms with Crippen molar-refractivity contribution in [2.75, 3.05) is 13.2 Å². The first-order valence-electron chi connectivity index (χ1n) is 6.94. The summed E-state index contributed by atoms with van der Waals surface area (Å²) in [6.07, 6.45) is 2.38. The summed E-state index contributed by atoms with van der Waals surface area (Å²) in [5.74, 6) is 1.56. The summed E-state index contributed by atoms with van der Waals surface area (Å²) in [6.45, 7) is 3.05. The van der Waals surface area contributed by atoms with Crippen LogP contribution < -0.4 is 9.47 Å². The van der Waals surface area contributed by atoms with Crippen LogP contribution in [0.2, 0.25) is 0 Å². The average Bonchev–Trinajstić information content (AvgIpc) is 2.53. The van der Waals surface area contributed by atoms with Gasteiger partial charge in [0.05, 0.1) is 6.21 Å². The average molecular weight is 285 g/mol. The zero-order valence-corrected chi connectivity index (χ0v) is 12.0. The Bertz CT molecular complexity index is 579. The van der Waals surface area contributed by atoms with E-state index in [1.807, 2.05) is 30.3 Å². The Morgan fingerprint density at radius 2 is 1.71 bits per heavy atom. The molecule has 0 saturated heterocycles. The molecule has 0 radical (unpaired) electrons. The lowest BCUT2D eigenvalue weighted by Gasteiger charge is -2.09. The second kappa shape index (κ2) is 7.94. The minimum absolute atomic E-state index is 0.454. The van der Waals surface area contributed by atoms with E-state index in [1.165, 1.54) is 11.8 Å². The Hall–Kier alpha value is -2.49. The fourth-order valence-corrected chi connectivity index (χ4v) is 1.89. The molecule has 21 heavy (non-hydrogen) atoms. The number of oxime groups is 1. The molecular formula is C17H19NO3. The standard InChI is InChI=1S/C17H19NO3/c1-2-14-6-8-16(9-7-14)20-10-11-21-17-5-3-4-15(12-17)13-18-19/h3-9,12-13,19H,2,10-11H2,1H3. The highest BCUT2D eigenvalue weighted by molar-refractivity contribution is 5.79. The van der Waals surface area contributed by atoms with Gasteiger partial charge in [-0.2, -0.15) is 0 Å². The number of hydrogen-bond donors (Lipinski definition) is 1. The fourth-order valence-electron chi connectivity index (χ4n) is 1.89. The summed E-state index contributed by atoms with van der Waals surface area (Å²) in [4.78, 5) is 0. The maximum Gasteiger partial charge on any atom is 0.122 e. The van der Waals surface area contributed by atoms with Crippen LogP contribution in [-0.2, 0) is 6.42 Å². The van der Waals surface area contributed by atoms with Crippen molar-refractivity contribution in [1.82, 2.24) is 0 Å². The zero-order chi connectivity index (χ0) is 14.9. The van der Waals surface area contributed by atoms with Crippen LogP contribution in [-0.4, -0.2) is 24.6 Å². The van der Waals surface area contributed by atoms with Gasteiger partial charge in [-0.05, 0) is 41.8 Å². The van der Waals surface area contributed by atoms with E-state index in [4.69, 9.17) is 14.7 Å². The molecule has 0 aliphatic heterocycles. The van der Waals surface area contributed by atoms with Crippen LogP contribution >= 0.6 is 0 Å². The van der Waals surface area contributed by atoms with Crippen LogP contribution in [0.5, 0.6) is 11.5 Å². The zero-order valence-electron chi connectivity index (χ0n) is 12.0. The van der Waals surface area contributed by atoms with E-state index in [-0.39, 0.29) is 0 Å². The van der Waals surface area contributed by atoms with Gasteiger partial charge in [0.1, 0.15) is 24.7 Å². The van der Waals surface area contributed by atoms with Crippen LogP contribution in [0, 0.1) is 0 Å². The summed E-state index contributed by atoms with van der Waals surface area (Å²) in [5.41, 5.74) is 2.08. The molecule has 0 aliphatic carbocycles. The molecule has 0 atom stereocenters. The molecule has 2 rings (SSSR count). The first kappa shape index (κ1) is 14.9. The second-order valence-electron chi connectivity index (χ2n) is 4.51. The third-order valence-electron chi connectivity index (χ3n) is 3.02. The Kier molecular flexibility index (Phi) is 5.64. The van der Waals surface area contributed by atoms with Crippen LogP contribution in [0.4, 0.5) is 0 Å². The van der Waals surface area contributed by atoms with Gasteiger partial charge in [-0.25, -0.2) is 0 Å². The maximum absolute atomic E-state index is 8.50. The quantitative estimate of drug-likeness (QED) is 0.366. The molecule has 0 spiro atoms. The summed E-state index contributed by atoms with van der Waals surface area (Å²) < 4.78 is 11.2. The molecule has 0 fully saturated rings. The van der Waals surface area contributed by atoms with Crippen molar-refractivity contribution in [2.45, 2.75) is 13.3 Å². The molecule has 4 nitrogen and oxygen atoms in total. The molecule has 0 unspecified atom stereocenters. The van der Waals surface area contributed by atoms with Gasteiger partial charge in [0.2, 0.25) is 0 Å². The highest BCUT2D eigenvalue weighted by Crippen LogP contribution is 2.14. The summed E-state index contributed by atoms with van der Waals surface area (Å²) in [7, 11) is 0. The van der Waals surface area contributed by atoms with Crippen LogP contribution in [0.25, 0.3) is 0 Å². The number of benzene rings is 2. The molecule has 0 amide bonds. The van der Waals surface area contributed by atoms with Crippen LogP contribution in [0.15, 0.2) is 53.7 Å². The minimum Gasteiger partial charge on any atom is -0.490 e. The first-order chi connectivity index (χ1) is 10.3. The third-order valence-corrected chi connectivity index (χ3v) is 3.02. The lowest BCUT2D eigenvalue weighted by atomic mass is 10.2. The van der Waals surface area contributed by atoms with Crippen LogP contribution in [0.1, 0.15) is 18.1 Å². The predicted octanol–water partition coefficient (Wildman–Crippen LogP) is 3.51. The van der Waals surface area contributed by atoms with Gasteiger partial charge in [0.15, 0.2) is 0 Å². The molecule has 2 aromatic rings. The summed E-state index contributed by atoms with van der Waals surface area (Å²) in [6, 6.07) is 15.4. The van der Waals surface area contributed by atoms with Crippen molar-refractivity contribution in [3.8, 4) is 11.5 Å². The lowest BCUT2D eigenvalue weighted by Crippen LogP contribution is -2.09. The molecule has 2 aromatic carbocycles. The van der Waals surface area contributed by atoms with E-state index >= 15 is 0 Å². The molecule has 1 N–H and O–H groups in total. The van der Waals surface area contributed by atoms with Gasteiger partial charge in [-0.1, -0.05) is 36.3 Å². The SMILES string of the molecule is CCc1ccc(OCCOc2cccc(C=NO)c2)cc1. The maximum atomic E-state index is 8.50. The van der Waals surface area contributed by atoms with Crippen molar-refractivity contribution >= 4 is 6.21 Å². The monoisotopic (exact) mass is 285 g/mol. The topological polar surface area (TPSA) is 51.0 Å². The number of nitrogens with zero attached hydrogens (tertiary/aromatic N) is 1. The van der Waals surface area contributed by atoms with Gasteiger partial charge in [0, 0.05) is 0 Å². The molecule has 4 heteroatoms. The number of hydrogen-bond acceptors (Lipinski definition) is 4. The van der Waals surface area contributed by atoms with Gasteiger partial charge < -0.3 is 14.7 Å². The minimum atomic E-state index is 0.454. The number of aryl methyl sites for hydroxylation is 1. The molecule has 110 valence electrons. The molecule has 0 saturated carbocycles. The Balaban J connectivity index is 1.77. The van der Waals surface area contributed by atoms with E-state index in [2.05, 4.69) is 24.2 Å². The van der Waals surface area contributed by atoms with E-state index in [0.29, 0.717) is 13.2 Å². The molecular weight excluding hydrogens is 266 g/mol. The van der Waals surface area contributed by atoms with Crippen molar-refractivity contribution in [3.05, 3.63) is 59.7 Å². The Labute approximate surface area is 124 Å². The highest BCUT2D eigenvalue weighted by Gasteiger charge is 1.97. The second-order valence-corrected chi connectivity index (χ2v) is 4.51. The summed E-state index contributed by atoms with van der Waals surface area (Å²) in [5, 5.41) is 11.5. The Morgan fingerprint density at radius 1 is 1.00 bits per heavy atom. The van der Waals surface area contributed by atoms with E-state index in [9.17, 15) is 0 Å². The van der Waals surface area contributed by atoms with Gasteiger partial charge in [-0.15, -0.1) is 0 Å². The van der Waals surface area contributed by atoms with E-state index in [1.54, 1.807) is 6.07 Å². The van der Waals surface area contributed by atoms with Crippen LogP contribution in [0.3, 0.4) is 0 Å². The Morgan fingerprint density at radius 3 is 2.38 bits per heavy atom. The first-order valence-corrected chi connectivity index (χ1v) is 6.94. The van der Waals surface area contributed by atoms with E-state index in [0.717, 1.165) is 23.5 Å².